The largest absolute Gasteiger partial charge is 0.497 e. The summed E-state index contributed by atoms with van der Waals surface area (Å²) in [7, 11) is 4.40. The first-order valence-electron chi connectivity index (χ1n) is 8.57. The van der Waals surface area contributed by atoms with Gasteiger partial charge in [-0.05, 0) is 41.8 Å². The Morgan fingerprint density at radius 3 is 2.48 bits per heavy atom. The van der Waals surface area contributed by atoms with Gasteiger partial charge in [0.05, 0.1) is 33.3 Å². The Balaban J connectivity index is 2.20. The molecule has 2 rings (SSSR count). The highest BCUT2D eigenvalue weighted by Crippen LogP contribution is 2.34. The van der Waals surface area contributed by atoms with Crippen LogP contribution in [0.2, 0.25) is 0 Å². The summed E-state index contributed by atoms with van der Waals surface area (Å²) in [6.45, 7) is 0. The molecule has 0 aromatic heterocycles. The Kier molecular flexibility index (Phi) is 8.20. The molecule has 0 amide bonds. The van der Waals surface area contributed by atoms with E-state index < -0.39 is 0 Å². The van der Waals surface area contributed by atoms with Crippen LogP contribution < -0.4 is 4.74 Å². The second-order valence-electron chi connectivity index (χ2n) is 5.86. The topological polar surface area (TPSA) is 61.8 Å². The number of benzene rings is 2. The Labute approximate surface area is 164 Å². The van der Waals surface area contributed by atoms with Crippen molar-refractivity contribution in [3.63, 3.8) is 0 Å². The van der Waals surface area contributed by atoms with Crippen molar-refractivity contribution in [1.82, 2.24) is 0 Å². The third-order valence-corrected chi connectivity index (χ3v) is 5.37. The number of hydrogen-bond acceptors (Lipinski definition) is 6. The van der Waals surface area contributed by atoms with Gasteiger partial charge >= 0.3 is 11.9 Å². The SMILES string of the molecule is COC(=O)CCSC(Cc1cccc(C(=O)OC)c1)c1cccc(OC)c1. The molecule has 0 N–H and O–H groups in total. The van der Waals surface area contributed by atoms with Gasteiger partial charge in [0.1, 0.15) is 5.75 Å². The molecule has 0 heterocycles. The van der Waals surface area contributed by atoms with Crippen molar-refractivity contribution < 1.29 is 23.8 Å². The van der Waals surface area contributed by atoms with Crippen molar-refractivity contribution >= 4 is 23.7 Å². The fraction of sp³-hybridized carbons (Fsp3) is 0.333. The van der Waals surface area contributed by atoms with Crippen LogP contribution in [-0.2, 0) is 20.7 Å². The van der Waals surface area contributed by atoms with E-state index in [0.717, 1.165) is 16.9 Å². The highest BCUT2D eigenvalue weighted by Gasteiger charge is 2.16. The predicted molar refractivity (Wildman–Crippen MR) is 106 cm³/mol. The van der Waals surface area contributed by atoms with Gasteiger partial charge in [-0.2, -0.15) is 11.8 Å². The first-order valence-corrected chi connectivity index (χ1v) is 9.62. The lowest BCUT2D eigenvalue weighted by molar-refractivity contribution is -0.140. The minimum atomic E-state index is -0.354. The molecule has 2 aromatic carbocycles. The normalized spacial score (nSPS) is 11.5. The summed E-state index contributed by atoms with van der Waals surface area (Å²) in [5, 5.41) is 0.109. The molecule has 27 heavy (non-hydrogen) atoms. The zero-order valence-electron chi connectivity index (χ0n) is 15.8. The highest BCUT2D eigenvalue weighted by atomic mass is 32.2. The van der Waals surface area contributed by atoms with E-state index in [9.17, 15) is 9.59 Å². The fourth-order valence-electron chi connectivity index (χ4n) is 2.66. The second kappa shape index (κ2) is 10.6. The predicted octanol–water partition coefficient (Wildman–Crippen LogP) is 4.06. The number of rotatable bonds is 9. The van der Waals surface area contributed by atoms with Crippen molar-refractivity contribution in [3.05, 3.63) is 65.2 Å². The van der Waals surface area contributed by atoms with Gasteiger partial charge in [-0.25, -0.2) is 4.79 Å². The van der Waals surface area contributed by atoms with Gasteiger partial charge in [0.25, 0.3) is 0 Å². The Morgan fingerprint density at radius 1 is 1.00 bits per heavy atom. The van der Waals surface area contributed by atoms with Crippen LogP contribution >= 0.6 is 11.8 Å². The maximum Gasteiger partial charge on any atom is 0.337 e. The van der Waals surface area contributed by atoms with Crippen LogP contribution in [0.1, 0.15) is 33.2 Å². The van der Waals surface area contributed by atoms with Crippen molar-refractivity contribution in [2.75, 3.05) is 27.1 Å². The molecule has 1 atom stereocenters. The summed E-state index contributed by atoms with van der Waals surface area (Å²) >= 11 is 1.68. The fourth-order valence-corrected chi connectivity index (χ4v) is 3.88. The van der Waals surface area contributed by atoms with Crippen molar-refractivity contribution in [2.24, 2.45) is 0 Å². The Bertz CT molecular complexity index is 775. The van der Waals surface area contributed by atoms with Crippen LogP contribution in [-0.4, -0.2) is 39.0 Å². The van der Waals surface area contributed by atoms with Crippen LogP contribution in [0.15, 0.2) is 48.5 Å². The smallest absolute Gasteiger partial charge is 0.337 e. The Hall–Kier alpha value is -2.47. The molecule has 0 saturated carbocycles. The average Bonchev–Trinajstić information content (AvgIpc) is 2.72. The van der Waals surface area contributed by atoms with Gasteiger partial charge in [0, 0.05) is 11.0 Å². The van der Waals surface area contributed by atoms with Gasteiger partial charge in [-0.15, -0.1) is 0 Å². The number of ether oxygens (including phenoxy) is 3. The Morgan fingerprint density at radius 2 is 1.78 bits per heavy atom. The molecular formula is C21H24O5S. The quantitative estimate of drug-likeness (QED) is 0.604. The van der Waals surface area contributed by atoms with Gasteiger partial charge < -0.3 is 14.2 Å². The van der Waals surface area contributed by atoms with Gasteiger partial charge in [-0.3, -0.25) is 4.79 Å². The van der Waals surface area contributed by atoms with Crippen LogP contribution in [0.3, 0.4) is 0 Å². The monoisotopic (exact) mass is 388 g/mol. The maximum atomic E-state index is 11.8. The molecule has 0 bridgehead atoms. The third kappa shape index (κ3) is 6.32. The number of carbonyl (C=O) groups is 2. The van der Waals surface area contributed by atoms with Gasteiger partial charge in [-0.1, -0.05) is 24.3 Å². The molecule has 0 aliphatic carbocycles. The molecule has 1 unspecified atom stereocenters. The lowest BCUT2D eigenvalue weighted by Gasteiger charge is -2.18. The lowest BCUT2D eigenvalue weighted by Crippen LogP contribution is -2.06. The van der Waals surface area contributed by atoms with Crippen LogP contribution in [0.25, 0.3) is 0 Å². The summed E-state index contributed by atoms with van der Waals surface area (Å²) in [6, 6.07) is 15.3. The lowest BCUT2D eigenvalue weighted by atomic mass is 10.0. The number of carbonyl (C=O) groups excluding carboxylic acids is 2. The second-order valence-corrected chi connectivity index (χ2v) is 7.17. The van der Waals surface area contributed by atoms with E-state index in [1.165, 1.54) is 14.2 Å². The van der Waals surface area contributed by atoms with Crippen LogP contribution in [0, 0.1) is 0 Å². The third-order valence-electron chi connectivity index (χ3n) is 4.09. The number of methoxy groups -OCH3 is 3. The molecule has 0 fully saturated rings. The van der Waals surface area contributed by atoms with Gasteiger partial charge in [0.15, 0.2) is 0 Å². The molecule has 0 spiro atoms. The molecule has 5 nitrogen and oxygen atoms in total. The minimum Gasteiger partial charge on any atom is -0.497 e. The van der Waals surface area contributed by atoms with Crippen molar-refractivity contribution in [1.29, 1.82) is 0 Å². The summed E-state index contributed by atoms with van der Waals surface area (Å²) < 4.78 is 14.9. The number of esters is 2. The first-order chi connectivity index (χ1) is 13.1. The van der Waals surface area contributed by atoms with E-state index >= 15 is 0 Å². The van der Waals surface area contributed by atoms with Crippen LogP contribution in [0.5, 0.6) is 5.75 Å². The summed E-state index contributed by atoms with van der Waals surface area (Å²) in [4.78, 5) is 23.2. The summed E-state index contributed by atoms with van der Waals surface area (Å²) in [6.07, 6.45) is 1.06. The molecule has 0 radical (unpaired) electrons. The minimum absolute atomic E-state index is 0.109. The van der Waals surface area contributed by atoms with Crippen molar-refractivity contribution in [2.45, 2.75) is 18.1 Å². The van der Waals surface area contributed by atoms with E-state index in [1.807, 2.05) is 42.5 Å². The van der Waals surface area contributed by atoms with E-state index in [2.05, 4.69) is 0 Å². The molecule has 2 aromatic rings. The molecular weight excluding hydrogens is 364 g/mol. The molecule has 0 saturated heterocycles. The van der Waals surface area contributed by atoms with Crippen molar-refractivity contribution in [3.8, 4) is 5.75 Å². The van der Waals surface area contributed by atoms with Gasteiger partial charge in [0.2, 0.25) is 0 Å². The molecule has 0 aliphatic heterocycles. The molecule has 0 aliphatic rings. The zero-order valence-corrected chi connectivity index (χ0v) is 16.6. The molecule has 144 valence electrons. The number of thioether (sulfide) groups is 1. The van der Waals surface area contributed by atoms with Crippen LogP contribution in [0.4, 0.5) is 0 Å². The summed E-state index contributed by atoms with van der Waals surface area (Å²) in [5.41, 5.74) is 2.66. The standard InChI is InChI=1S/C21H24O5S/c1-24-18-9-5-7-16(14-18)19(27-11-10-20(22)25-2)13-15-6-4-8-17(12-15)21(23)26-3/h4-9,12,14,19H,10-11,13H2,1-3H3. The summed E-state index contributed by atoms with van der Waals surface area (Å²) in [5.74, 6) is 0.854. The first kappa shape index (κ1) is 20.8. The van der Waals surface area contributed by atoms with E-state index in [-0.39, 0.29) is 17.2 Å². The van der Waals surface area contributed by atoms with E-state index in [4.69, 9.17) is 14.2 Å². The maximum absolute atomic E-state index is 11.8. The average molecular weight is 388 g/mol. The number of hydrogen-bond donors (Lipinski definition) is 0. The van der Waals surface area contributed by atoms with E-state index in [1.54, 1.807) is 24.9 Å². The highest BCUT2D eigenvalue weighted by molar-refractivity contribution is 7.99. The molecule has 6 heteroatoms. The zero-order chi connectivity index (χ0) is 19.6. The van der Waals surface area contributed by atoms with E-state index in [0.29, 0.717) is 24.2 Å².